The van der Waals surface area contributed by atoms with E-state index in [1.807, 2.05) is 28.9 Å². The van der Waals surface area contributed by atoms with E-state index in [0.717, 1.165) is 12.8 Å². The number of nitrogens with zero attached hydrogens (tertiary/aromatic N) is 2. The minimum Gasteiger partial charge on any atom is -0.336 e. The predicted molar refractivity (Wildman–Crippen MR) is 101 cm³/mol. The minimum atomic E-state index is -0.0948. The highest BCUT2D eigenvalue weighted by molar-refractivity contribution is 6.33. The molecule has 3 amide bonds. The van der Waals surface area contributed by atoms with Crippen LogP contribution in [0.1, 0.15) is 26.7 Å². The number of nitrogens with one attached hydrogen (secondary N) is 2. The number of benzene rings is 1. The molecular formula is C18H27ClN4O2. The molecule has 2 N–H and O–H groups in total. The molecule has 7 heteroatoms. The van der Waals surface area contributed by atoms with Crippen LogP contribution < -0.4 is 10.6 Å². The van der Waals surface area contributed by atoms with Crippen LogP contribution >= 0.6 is 11.6 Å². The van der Waals surface area contributed by atoms with Crippen molar-refractivity contribution in [1.82, 2.24) is 15.1 Å². The highest BCUT2D eigenvalue weighted by Crippen LogP contribution is 2.20. The van der Waals surface area contributed by atoms with E-state index in [1.165, 1.54) is 0 Å². The SMILES string of the molecule is CCC[C@@H](C)NC(=O)N1CCN(CC(=O)Nc2ccccc2Cl)CC1. The van der Waals surface area contributed by atoms with Gasteiger partial charge in [0.15, 0.2) is 0 Å². The highest BCUT2D eigenvalue weighted by atomic mass is 35.5. The number of halogens is 1. The summed E-state index contributed by atoms with van der Waals surface area (Å²) >= 11 is 6.05. The fourth-order valence-corrected chi connectivity index (χ4v) is 3.05. The number of piperazine rings is 1. The van der Waals surface area contributed by atoms with Gasteiger partial charge in [0, 0.05) is 32.2 Å². The summed E-state index contributed by atoms with van der Waals surface area (Å²) < 4.78 is 0. The number of amides is 3. The number of hydrogen-bond acceptors (Lipinski definition) is 3. The number of carbonyl (C=O) groups excluding carboxylic acids is 2. The molecule has 138 valence electrons. The van der Waals surface area contributed by atoms with Gasteiger partial charge in [0.1, 0.15) is 0 Å². The summed E-state index contributed by atoms with van der Waals surface area (Å²) in [4.78, 5) is 28.2. The molecule has 1 heterocycles. The van der Waals surface area contributed by atoms with Gasteiger partial charge < -0.3 is 15.5 Å². The van der Waals surface area contributed by atoms with Gasteiger partial charge in [-0.2, -0.15) is 0 Å². The fraction of sp³-hybridized carbons (Fsp3) is 0.556. The van der Waals surface area contributed by atoms with Gasteiger partial charge in [-0.3, -0.25) is 9.69 Å². The van der Waals surface area contributed by atoms with E-state index in [9.17, 15) is 9.59 Å². The topological polar surface area (TPSA) is 64.7 Å². The second-order valence-electron chi connectivity index (χ2n) is 6.43. The van der Waals surface area contributed by atoms with Crippen molar-refractivity contribution >= 4 is 29.2 Å². The summed E-state index contributed by atoms with van der Waals surface area (Å²) in [5.41, 5.74) is 0.622. The van der Waals surface area contributed by atoms with Crippen molar-refractivity contribution in [3.05, 3.63) is 29.3 Å². The van der Waals surface area contributed by atoms with Crippen molar-refractivity contribution in [2.75, 3.05) is 38.0 Å². The van der Waals surface area contributed by atoms with E-state index in [2.05, 4.69) is 17.6 Å². The molecule has 1 saturated heterocycles. The first-order chi connectivity index (χ1) is 12.0. The number of para-hydroxylation sites is 1. The zero-order chi connectivity index (χ0) is 18.2. The Hall–Kier alpha value is -1.79. The molecule has 0 aromatic heterocycles. The first-order valence-corrected chi connectivity index (χ1v) is 9.19. The van der Waals surface area contributed by atoms with Crippen molar-refractivity contribution in [1.29, 1.82) is 0 Å². The smallest absolute Gasteiger partial charge is 0.317 e. The van der Waals surface area contributed by atoms with Crippen LogP contribution in [0.3, 0.4) is 0 Å². The third-order valence-corrected chi connectivity index (χ3v) is 4.60. The fourth-order valence-electron chi connectivity index (χ4n) is 2.87. The summed E-state index contributed by atoms with van der Waals surface area (Å²) in [5.74, 6) is -0.0948. The lowest BCUT2D eigenvalue weighted by molar-refractivity contribution is -0.117. The summed E-state index contributed by atoms with van der Waals surface area (Å²) in [6.45, 7) is 7.06. The molecule has 25 heavy (non-hydrogen) atoms. The van der Waals surface area contributed by atoms with E-state index < -0.39 is 0 Å². The molecular weight excluding hydrogens is 340 g/mol. The lowest BCUT2D eigenvalue weighted by Gasteiger charge is -2.34. The van der Waals surface area contributed by atoms with Crippen molar-refractivity contribution in [2.24, 2.45) is 0 Å². The molecule has 6 nitrogen and oxygen atoms in total. The van der Waals surface area contributed by atoms with Crippen LogP contribution in [0.15, 0.2) is 24.3 Å². The van der Waals surface area contributed by atoms with Gasteiger partial charge in [0.25, 0.3) is 0 Å². The second kappa shape index (κ2) is 9.63. The Morgan fingerprint density at radius 1 is 1.20 bits per heavy atom. The average Bonchev–Trinajstić information content (AvgIpc) is 2.57. The highest BCUT2D eigenvalue weighted by Gasteiger charge is 2.23. The lowest BCUT2D eigenvalue weighted by atomic mass is 10.2. The lowest BCUT2D eigenvalue weighted by Crippen LogP contribution is -2.54. The number of rotatable bonds is 6. The first-order valence-electron chi connectivity index (χ1n) is 8.81. The number of urea groups is 1. The maximum atomic E-state index is 12.2. The van der Waals surface area contributed by atoms with Gasteiger partial charge >= 0.3 is 6.03 Å². The molecule has 1 aliphatic heterocycles. The zero-order valence-corrected chi connectivity index (χ0v) is 15.7. The minimum absolute atomic E-state index is 0.0129. The van der Waals surface area contributed by atoms with Crippen molar-refractivity contribution in [2.45, 2.75) is 32.7 Å². The van der Waals surface area contributed by atoms with Crippen LogP contribution in [0.5, 0.6) is 0 Å². The van der Waals surface area contributed by atoms with E-state index in [-0.39, 0.29) is 18.0 Å². The maximum Gasteiger partial charge on any atom is 0.317 e. The molecule has 0 radical (unpaired) electrons. The van der Waals surface area contributed by atoms with Gasteiger partial charge in [-0.1, -0.05) is 37.1 Å². The third-order valence-electron chi connectivity index (χ3n) is 4.27. The van der Waals surface area contributed by atoms with E-state index in [4.69, 9.17) is 11.6 Å². The quantitative estimate of drug-likeness (QED) is 0.813. The first kappa shape index (κ1) is 19.5. The van der Waals surface area contributed by atoms with Crippen molar-refractivity contribution in [3.8, 4) is 0 Å². The zero-order valence-electron chi connectivity index (χ0n) is 14.9. The van der Waals surface area contributed by atoms with Crippen LogP contribution in [0.2, 0.25) is 5.02 Å². The van der Waals surface area contributed by atoms with Crippen LogP contribution in [0.25, 0.3) is 0 Å². The van der Waals surface area contributed by atoms with Crippen LogP contribution in [-0.4, -0.2) is 60.5 Å². The van der Waals surface area contributed by atoms with Gasteiger partial charge in [0.2, 0.25) is 5.91 Å². The molecule has 1 aliphatic rings. The van der Waals surface area contributed by atoms with Crippen molar-refractivity contribution in [3.63, 3.8) is 0 Å². The Morgan fingerprint density at radius 3 is 2.52 bits per heavy atom. The monoisotopic (exact) mass is 366 g/mol. The summed E-state index contributed by atoms with van der Waals surface area (Å²) in [6, 6.07) is 7.36. The largest absolute Gasteiger partial charge is 0.336 e. The summed E-state index contributed by atoms with van der Waals surface area (Å²) in [5, 5.41) is 6.37. The summed E-state index contributed by atoms with van der Waals surface area (Å²) in [6.07, 6.45) is 2.03. The van der Waals surface area contributed by atoms with E-state index >= 15 is 0 Å². The Bertz CT molecular complexity index is 588. The van der Waals surface area contributed by atoms with Crippen LogP contribution in [0.4, 0.5) is 10.5 Å². The third kappa shape index (κ3) is 6.21. The molecule has 1 aromatic rings. The molecule has 1 aromatic carbocycles. The maximum absolute atomic E-state index is 12.2. The average molecular weight is 367 g/mol. The van der Waals surface area contributed by atoms with E-state index in [0.29, 0.717) is 43.4 Å². The van der Waals surface area contributed by atoms with Crippen molar-refractivity contribution < 1.29 is 9.59 Å². The Balaban J connectivity index is 1.74. The number of carbonyl (C=O) groups is 2. The Morgan fingerprint density at radius 2 is 1.88 bits per heavy atom. The second-order valence-corrected chi connectivity index (χ2v) is 6.84. The molecule has 2 rings (SSSR count). The van der Waals surface area contributed by atoms with Crippen LogP contribution in [-0.2, 0) is 4.79 Å². The summed E-state index contributed by atoms with van der Waals surface area (Å²) in [7, 11) is 0. The van der Waals surface area contributed by atoms with Gasteiger partial charge in [-0.25, -0.2) is 4.79 Å². The molecule has 0 aliphatic carbocycles. The predicted octanol–water partition coefficient (Wildman–Crippen LogP) is 2.79. The Kier molecular flexibility index (Phi) is 7.52. The Labute approximate surface area is 154 Å². The molecule has 0 saturated carbocycles. The molecule has 0 unspecified atom stereocenters. The molecule has 1 fully saturated rings. The van der Waals surface area contributed by atoms with Gasteiger partial charge in [0.05, 0.1) is 17.3 Å². The standard InChI is InChI=1S/C18H27ClN4O2/c1-3-6-14(2)20-18(25)23-11-9-22(10-12-23)13-17(24)21-16-8-5-4-7-15(16)19/h4-5,7-8,14H,3,6,9-13H2,1-2H3,(H,20,25)(H,21,24)/t14-/m1/s1. The normalized spacial score (nSPS) is 16.4. The molecule has 1 atom stereocenters. The number of anilines is 1. The molecule has 0 bridgehead atoms. The van der Waals surface area contributed by atoms with Crippen LogP contribution in [0, 0.1) is 0 Å². The van der Waals surface area contributed by atoms with Gasteiger partial charge in [-0.15, -0.1) is 0 Å². The number of hydrogen-bond donors (Lipinski definition) is 2. The molecule has 0 spiro atoms. The van der Waals surface area contributed by atoms with Gasteiger partial charge in [-0.05, 0) is 25.5 Å². The van der Waals surface area contributed by atoms with E-state index in [1.54, 1.807) is 12.1 Å².